The van der Waals surface area contributed by atoms with Gasteiger partial charge in [-0.25, -0.2) is 9.18 Å². The van der Waals surface area contributed by atoms with Gasteiger partial charge in [-0.15, -0.1) is 0 Å². The quantitative estimate of drug-likeness (QED) is 0.559. The van der Waals surface area contributed by atoms with Crippen molar-refractivity contribution in [1.29, 1.82) is 0 Å². The van der Waals surface area contributed by atoms with E-state index >= 15 is 0 Å². The maximum absolute atomic E-state index is 14.2. The van der Waals surface area contributed by atoms with Crippen LogP contribution in [0.15, 0.2) is 24.3 Å². The van der Waals surface area contributed by atoms with Crippen LogP contribution in [0.3, 0.4) is 0 Å². The Morgan fingerprint density at radius 2 is 1.76 bits per heavy atom. The van der Waals surface area contributed by atoms with Crippen molar-refractivity contribution in [2.45, 2.75) is 53.6 Å². The maximum Gasteiger partial charge on any atom is 0.355 e. The highest BCUT2D eigenvalue weighted by Gasteiger charge is 2.33. The number of benzene rings is 1. The molecule has 1 heterocycles. The van der Waals surface area contributed by atoms with Gasteiger partial charge >= 0.3 is 5.97 Å². The summed E-state index contributed by atoms with van der Waals surface area (Å²) in [6.45, 7) is 10.4. The predicted molar refractivity (Wildman–Crippen MR) is 108 cm³/mol. The van der Waals surface area contributed by atoms with Gasteiger partial charge in [0.2, 0.25) is 0 Å². The summed E-state index contributed by atoms with van der Waals surface area (Å²) in [5.41, 5.74) is 1.46. The molecule has 0 unspecified atom stereocenters. The number of ether oxygens (including phenoxy) is 1. The van der Waals surface area contributed by atoms with Gasteiger partial charge in [0.1, 0.15) is 11.5 Å². The van der Waals surface area contributed by atoms with Gasteiger partial charge in [0, 0.05) is 17.3 Å². The minimum Gasteiger partial charge on any atom is -0.461 e. The zero-order valence-electron chi connectivity index (χ0n) is 17.6. The SMILES string of the molecule is CCOC(=O)c1[nH]c(C)c(C(=O)[C@@H](C)N(C(=O)c2ccccc2F)C(C)C)c1C. The number of aromatic amines is 1. The second kappa shape index (κ2) is 9.03. The topological polar surface area (TPSA) is 79.5 Å². The molecular weight excluding hydrogens is 375 g/mol. The molecule has 0 saturated heterocycles. The number of nitrogens with zero attached hydrogens (tertiary/aromatic N) is 1. The Bertz CT molecular complexity index is 933. The lowest BCUT2D eigenvalue weighted by molar-refractivity contribution is 0.0518. The number of nitrogens with one attached hydrogen (secondary N) is 1. The molecule has 1 N–H and O–H groups in total. The molecule has 0 aliphatic carbocycles. The Balaban J connectivity index is 2.42. The van der Waals surface area contributed by atoms with Crippen LogP contribution in [0.25, 0.3) is 0 Å². The molecule has 0 fully saturated rings. The first-order chi connectivity index (χ1) is 13.6. The first-order valence-corrected chi connectivity index (χ1v) is 9.59. The minimum atomic E-state index is -0.856. The van der Waals surface area contributed by atoms with Gasteiger partial charge in [0.05, 0.1) is 18.2 Å². The van der Waals surface area contributed by atoms with Crippen LogP contribution in [0.5, 0.6) is 0 Å². The van der Waals surface area contributed by atoms with Crippen LogP contribution >= 0.6 is 0 Å². The molecule has 0 aliphatic rings. The molecule has 1 amide bonds. The van der Waals surface area contributed by atoms with Crippen molar-refractivity contribution >= 4 is 17.7 Å². The second-order valence-corrected chi connectivity index (χ2v) is 7.17. The molecule has 0 spiro atoms. The molecule has 7 heteroatoms. The molecule has 1 aromatic carbocycles. The Labute approximate surface area is 170 Å². The standard InChI is InChI=1S/C22H27FN2O4/c1-7-29-22(28)19-13(4)18(14(5)24-19)20(26)15(6)25(12(2)3)21(27)16-10-8-9-11-17(16)23/h8-12,15,24H,7H2,1-6H3/t15-/m1/s1. The molecule has 2 aromatic rings. The third kappa shape index (κ3) is 4.39. The normalized spacial score (nSPS) is 12.0. The van der Waals surface area contributed by atoms with E-state index in [1.54, 1.807) is 47.6 Å². The lowest BCUT2D eigenvalue weighted by atomic mass is 9.98. The summed E-state index contributed by atoms with van der Waals surface area (Å²) in [6.07, 6.45) is 0. The van der Waals surface area contributed by atoms with Gasteiger partial charge in [-0.2, -0.15) is 0 Å². The molecule has 0 radical (unpaired) electrons. The highest BCUT2D eigenvalue weighted by Crippen LogP contribution is 2.24. The van der Waals surface area contributed by atoms with Crippen molar-refractivity contribution in [3.05, 3.63) is 58.2 Å². The summed E-state index contributed by atoms with van der Waals surface area (Å²) in [5.74, 6) is -2.06. The fourth-order valence-electron chi connectivity index (χ4n) is 3.49. The largest absolute Gasteiger partial charge is 0.461 e. The van der Waals surface area contributed by atoms with E-state index in [0.29, 0.717) is 16.8 Å². The molecular formula is C22H27FN2O4. The maximum atomic E-state index is 14.2. The van der Waals surface area contributed by atoms with E-state index in [1.807, 2.05) is 0 Å². The number of aryl methyl sites for hydroxylation is 1. The third-order valence-electron chi connectivity index (χ3n) is 4.86. The van der Waals surface area contributed by atoms with E-state index in [-0.39, 0.29) is 29.7 Å². The first-order valence-electron chi connectivity index (χ1n) is 9.59. The Morgan fingerprint density at radius 1 is 1.14 bits per heavy atom. The van der Waals surface area contributed by atoms with Gasteiger partial charge < -0.3 is 14.6 Å². The van der Waals surface area contributed by atoms with Gasteiger partial charge in [0.25, 0.3) is 5.91 Å². The number of amides is 1. The molecule has 156 valence electrons. The molecule has 1 atom stereocenters. The average Bonchev–Trinajstić information content (AvgIpc) is 2.95. The summed E-state index contributed by atoms with van der Waals surface area (Å²) in [4.78, 5) is 42.7. The second-order valence-electron chi connectivity index (χ2n) is 7.17. The highest BCUT2D eigenvalue weighted by atomic mass is 19.1. The number of halogens is 1. The van der Waals surface area contributed by atoms with Gasteiger partial charge in [-0.1, -0.05) is 12.1 Å². The summed E-state index contributed by atoms with van der Waals surface area (Å²) >= 11 is 0. The van der Waals surface area contributed by atoms with Crippen molar-refractivity contribution in [1.82, 2.24) is 9.88 Å². The highest BCUT2D eigenvalue weighted by molar-refractivity contribution is 6.07. The molecule has 0 bridgehead atoms. The Hall–Kier alpha value is -2.96. The van der Waals surface area contributed by atoms with E-state index in [9.17, 15) is 18.8 Å². The zero-order chi connectivity index (χ0) is 21.9. The fraction of sp³-hybridized carbons (Fsp3) is 0.409. The molecule has 29 heavy (non-hydrogen) atoms. The number of hydrogen-bond acceptors (Lipinski definition) is 4. The van der Waals surface area contributed by atoms with E-state index in [1.165, 1.54) is 23.1 Å². The van der Waals surface area contributed by atoms with Crippen molar-refractivity contribution < 1.29 is 23.5 Å². The van der Waals surface area contributed by atoms with Gasteiger partial charge in [0.15, 0.2) is 5.78 Å². The number of rotatable bonds is 7. The van der Waals surface area contributed by atoms with Crippen molar-refractivity contribution in [2.75, 3.05) is 6.61 Å². The summed E-state index contributed by atoms with van der Waals surface area (Å²) < 4.78 is 19.2. The molecule has 0 aliphatic heterocycles. The first kappa shape index (κ1) is 22.3. The van der Waals surface area contributed by atoms with E-state index < -0.39 is 23.7 Å². The lowest BCUT2D eigenvalue weighted by Crippen LogP contribution is -2.47. The number of hydrogen-bond donors (Lipinski definition) is 1. The number of Topliss-reactive ketones (excluding diaryl/α,β-unsaturated/α-hetero) is 1. The van der Waals surface area contributed by atoms with Crippen LogP contribution in [0.2, 0.25) is 0 Å². The molecule has 0 saturated carbocycles. The lowest BCUT2D eigenvalue weighted by Gasteiger charge is -2.32. The number of carbonyl (C=O) groups excluding carboxylic acids is 3. The Kier molecular flexibility index (Phi) is 6.95. The molecule has 2 rings (SSSR count). The van der Waals surface area contributed by atoms with Crippen LogP contribution in [-0.4, -0.2) is 46.2 Å². The van der Waals surface area contributed by atoms with Crippen LogP contribution in [0.4, 0.5) is 4.39 Å². The minimum absolute atomic E-state index is 0.0874. The monoisotopic (exact) mass is 402 g/mol. The fourth-order valence-corrected chi connectivity index (χ4v) is 3.49. The van der Waals surface area contributed by atoms with Crippen LogP contribution in [0, 0.1) is 19.7 Å². The van der Waals surface area contributed by atoms with Crippen LogP contribution in [0.1, 0.15) is 70.2 Å². The van der Waals surface area contributed by atoms with Gasteiger partial charge in [-0.3, -0.25) is 9.59 Å². The number of esters is 1. The third-order valence-corrected chi connectivity index (χ3v) is 4.86. The number of ketones is 1. The Morgan fingerprint density at radius 3 is 2.31 bits per heavy atom. The predicted octanol–water partition coefficient (Wildman–Crippen LogP) is 4.07. The number of carbonyl (C=O) groups is 3. The van der Waals surface area contributed by atoms with E-state index in [0.717, 1.165) is 0 Å². The zero-order valence-corrected chi connectivity index (χ0v) is 17.6. The van der Waals surface area contributed by atoms with Crippen molar-refractivity contribution in [3.8, 4) is 0 Å². The van der Waals surface area contributed by atoms with Crippen LogP contribution < -0.4 is 0 Å². The van der Waals surface area contributed by atoms with Gasteiger partial charge in [-0.05, 0) is 59.2 Å². The summed E-state index contributed by atoms with van der Waals surface area (Å²) in [6, 6.07) is 4.49. The number of aromatic nitrogens is 1. The van der Waals surface area contributed by atoms with Crippen LogP contribution in [-0.2, 0) is 4.74 Å². The van der Waals surface area contributed by atoms with Crippen molar-refractivity contribution in [2.24, 2.45) is 0 Å². The van der Waals surface area contributed by atoms with E-state index in [2.05, 4.69) is 4.98 Å². The average molecular weight is 402 g/mol. The smallest absolute Gasteiger partial charge is 0.355 e. The summed E-state index contributed by atoms with van der Waals surface area (Å²) in [5, 5.41) is 0. The molecule has 6 nitrogen and oxygen atoms in total. The number of H-pyrrole nitrogens is 1. The van der Waals surface area contributed by atoms with E-state index in [4.69, 9.17) is 4.74 Å². The molecule has 1 aromatic heterocycles. The summed E-state index contributed by atoms with van der Waals surface area (Å²) in [7, 11) is 0. The van der Waals surface area contributed by atoms with Crippen molar-refractivity contribution in [3.63, 3.8) is 0 Å².